The fourth-order valence-electron chi connectivity index (χ4n) is 2.50. The van der Waals surface area contributed by atoms with Gasteiger partial charge in [0.2, 0.25) is 0 Å². The number of hydrogen-bond donors (Lipinski definition) is 0. The van der Waals surface area contributed by atoms with Gasteiger partial charge in [-0.2, -0.15) is 0 Å². The Hall–Kier alpha value is -2.50. The Balaban J connectivity index is 1.61. The zero-order valence-electron chi connectivity index (χ0n) is 11.7. The molecule has 6 heteroatoms. The molecule has 106 valence electrons. The Morgan fingerprint density at radius 1 is 1.29 bits per heavy atom. The van der Waals surface area contributed by atoms with E-state index in [0.29, 0.717) is 12.2 Å². The fraction of sp³-hybridized carbons (Fsp3) is 0.333. The van der Waals surface area contributed by atoms with Gasteiger partial charge >= 0.3 is 0 Å². The molecule has 0 unspecified atom stereocenters. The second-order valence-corrected chi connectivity index (χ2v) is 5.59. The minimum Gasteiger partial charge on any atom is -0.306 e. The highest BCUT2D eigenvalue weighted by Crippen LogP contribution is 2.39. The maximum Gasteiger partial charge on any atom is 0.181 e. The van der Waals surface area contributed by atoms with E-state index in [1.807, 2.05) is 6.20 Å². The van der Waals surface area contributed by atoms with Gasteiger partial charge in [0.15, 0.2) is 5.78 Å². The highest BCUT2D eigenvalue weighted by atomic mass is 16.1. The molecule has 3 aromatic rings. The van der Waals surface area contributed by atoms with Crippen molar-refractivity contribution in [3.05, 3.63) is 47.7 Å². The third-order valence-corrected chi connectivity index (χ3v) is 3.80. The number of nitrogens with zero attached hydrogens (tertiary/aromatic N) is 5. The summed E-state index contributed by atoms with van der Waals surface area (Å²) in [5.74, 6) is 0.652. The van der Waals surface area contributed by atoms with Crippen LogP contribution in [0.4, 0.5) is 0 Å². The van der Waals surface area contributed by atoms with Crippen LogP contribution in [0, 0.1) is 0 Å². The SMILES string of the molecule is CC(=O)c1cn(Cc2cn3cc(C4CC4)ccc3n2)nn1. The molecule has 0 amide bonds. The summed E-state index contributed by atoms with van der Waals surface area (Å²) in [6.45, 7) is 2.00. The molecule has 0 aliphatic heterocycles. The molecule has 0 atom stereocenters. The Bertz CT molecular complexity index is 828. The van der Waals surface area contributed by atoms with Gasteiger partial charge in [-0.1, -0.05) is 11.3 Å². The number of rotatable bonds is 4. The third-order valence-electron chi connectivity index (χ3n) is 3.80. The summed E-state index contributed by atoms with van der Waals surface area (Å²) in [6, 6.07) is 4.21. The summed E-state index contributed by atoms with van der Waals surface area (Å²) in [5, 5.41) is 7.80. The zero-order valence-corrected chi connectivity index (χ0v) is 11.7. The van der Waals surface area contributed by atoms with E-state index >= 15 is 0 Å². The molecule has 1 aliphatic carbocycles. The van der Waals surface area contributed by atoms with E-state index in [0.717, 1.165) is 17.3 Å². The van der Waals surface area contributed by atoms with Crippen LogP contribution >= 0.6 is 0 Å². The molecule has 0 saturated heterocycles. The molecule has 3 aromatic heterocycles. The van der Waals surface area contributed by atoms with Crippen molar-refractivity contribution < 1.29 is 4.79 Å². The fourth-order valence-corrected chi connectivity index (χ4v) is 2.50. The minimum atomic E-state index is -0.0784. The van der Waals surface area contributed by atoms with Crippen LogP contribution in [0.1, 0.15) is 47.4 Å². The molecule has 0 radical (unpaired) electrons. The lowest BCUT2D eigenvalue weighted by atomic mass is 10.2. The van der Waals surface area contributed by atoms with Crippen molar-refractivity contribution in [2.24, 2.45) is 0 Å². The van der Waals surface area contributed by atoms with Gasteiger partial charge in [0.1, 0.15) is 11.3 Å². The molecule has 0 aromatic carbocycles. The van der Waals surface area contributed by atoms with Gasteiger partial charge in [-0.05, 0) is 30.4 Å². The largest absolute Gasteiger partial charge is 0.306 e. The molecule has 21 heavy (non-hydrogen) atoms. The maximum absolute atomic E-state index is 11.2. The first-order valence-electron chi connectivity index (χ1n) is 7.07. The molecule has 0 bridgehead atoms. The van der Waals surface area contributed by atoms with Gasteiger partial charge in [-0.15, -0.1) is 5.10 Å². The Labute approximate surface area is 121 Å². The summed E-state index contributed by atoms with van der Waals surface area (Å²) in [4.78, 5) is 15.8. The molecule has 1 fully saturated rings. The average Bonchev–Trinajstić information content (AvgIpc) is 3.07. The molecule has 0 spiro atoms. The second-order valence-electron chi connectivity index (χ2n) is 5.59. The summed E-state index contributed by atoms with van der Waals surface area (Å²) in [7, 11) is 0. The van der Waals surface area contributed by atoms with Crippen LogP contribution in [0.2, 0.25) is 0 Å². The number of Topliss-reactive ketones (excluding diaryl/α,β-unsaturated/α-hetero) is 1. The average molecular weight is 281 g/mol. The second kappa shape index (κ2) is 4.51. The standard InChI is InChI=1S/C15H15N5O/c1-10(21)14-9-20(18-17-14)8-13-7-19-6-12(11-2-3-11)4-5-15(19)16-13/h4-7,9,11H,2-3,8H2,1H3. The minimum absolute atomic E-state index is 0.0784. The zero-order chi connectivity index (χ0) is 14.4. The highest BCUT2D eigenvalue weighted by molar-refractivity contribution is 5.91. The van der Waals surface area contributed by atoms with E-state index < -0.39 is 0 Å². The first kappa shape index (κ1) is 12.3. The number of pyridine rings is 1. The maximum atomic E-state index is 11.2. The van der Waals surface area contributed by atoms with Gasteiger partial charge in [0, 0.05) is 19.3 Å². The molecule has 1 aliphatic rings. The van der Waals surface area contributed by atoms with Crippen molar-refractivity contribution in [1.29, 1.82) is 0 Å². The molecule has 1 saturated carbocycles. The highest BCUT2D eigenvalue weighted by Gasteiger charge is 2.23. The van der Waals surface area contributed by atoms with Crippen molar-refractivity contribution in [3.8, 4) is 0 Å². The van der Waals surface area contributed by atoms with Crippen molar-refractivity contribution in [3.63, 3.8) is 0 Å². The van der Waals surface area contributed by atoms with Crippen LogP contribution in [0.3, 0.4) is 0 Å². The smallest absolute Gasteiger partial charge is 0.181 e. The van der Waals surface area contributed by atoms with Gasteiger partial charge in [0.05, 0.1) is 18.4 Å². The van der Waals surface area contributed by atoms with E-state index in [4.69, 9.17) is 0 Å². The van der Waals surface area contributed by atoms with E-state index in [2.05, 4.69) is 38.0 Å². The van der Waals surface area contributed by atoms with E-state index in [1.165, 1.54) is 25.3 Å². The number of carbonyl (C=O) groups excluding carboxylic acids is 1. The van der Waals surface area contributed by atoms with Crippen LogP contribution < -0.4 is 0 Å². The topological polar surface area (TPSA) is 65.1 Å². The lowest BCUT2D eigenvalue weighted by Gasteiger charge is -1.98. The van der Waals surface area contributed by atoms with Crippen LogP contribution in [-0.4, -0.2) is 30.2 Å². The van der Waals surface area contributed by atoms with E-state index in [1.54, 1.807) is 10.9 Å². The summed E-state index contributed by atoms with van der Waals surface area (Å²) in [5.41, 5.74) is 3.60. The summed E-state index contributed by atoms with van der Waals surface area (Å²) < 4.78 is 3.70. The van der Waals surface area contributed by atoms with Crippen LogP contribution in [0.25, 0.3) is 5.65 Å². The number of aromatic nitrogens is 5. The predicted octanol–water partition coefficient (Wildman–Crippen LogP) is 2.05. The molecular formula is C15H15N5O. The normalized spacial score (nSPS) is 14.7. The van der Waals surface area contributed by atoms with Crippen molar-refractivity contribution >= 4 is 11.4 Å². The van der Waals surface area contributed by atoms with Crippen LogP contribution in [0.15, 0.2) is 30.7 Å². The third kappa shape index (κ3) is 2.33. The molecule has 6 nitrogen and oxygen atoms in total. The van der Waals surface area contributed by atoms with Crippen molar-refractivity contribution in [1.82, 2.24) is 24.4 Å². The predicted molar refractivity (Wildman–Crippen MR) is 76.3 cm³/mol. The first-order valence-corrected chi connectivity index (χ1v) is 7.07. The Morgan fingerprint density at radius 2 is 2.14 bits per heavy atom. The summed E-state index contributed by atoms with van der Waals surface area (Å²) >= 11 is 0. The van der Waals surface area contributed by atoms with Crippen molar-refractivity contribution in [2.75, 3.05) is 0 Å². The van der Waals surface area contributed by atoms with Gasteiger partial charge in [-0.25, -0.2) is 9.67 Å². The van der Waals surface area contributed by atoms with Gasteiger partial charge in [-0.3, -0.25) is 4.79 Å². The number of fused-ring (bicyclic) bond motifs is 1. The number of imidazole rings is 1. The van der Waals surface area contributed by atoms with Crippen molar-refractivity contribution in [2.45, 2.75) is 32.2 Å². The van der Waals surface area contributed by atoms with Crippen LogP contribution in [-0.2, 0) is 6.54 Å². The molecule has 0 N–H and O–H groups in total. The van der Waals surface area contributed by atoms with Gasteiger partial charge in [0.25, 0.3) is 0 Å². The number of ketones is 1. The molecule has 4 rings (SSSR count). The number of carbonyl (C=O) groups is 1. The first-order chi connectivity index (χ1) is 10.2. The van der Waals surface area contributed by atoms with E-state index in [-0.39, 0.29) is 5.78 Å². The lowest BCUT2D eigenvalue weighted by Crippen LogP contribution is -2.00. The Kier molecular flexibility index (Phi) is 2.63. The quantitative estimate of drug-likeness (QED) is 0.687. The van der Waals surface area contributed by atoms with Crippen LogP contribution in [0.5, 0.6) is 0 Å². The molecular weight excluding hydrogens is 266 g/mol. The summed E-state index contributed by atoms with van der Waals surface area (Å²) in [6.07, 6.45) is 8.41. The Morgan fingerprint density at radius 3 is 2.86 bits per heavy atom. The lowest BCUT2D eigenvalue weighted by molar-refractivity contribution is 0.101. The monoisotopic (exact) mass is 281 g/mol. The van der Waals surface area contributed by atoms with E-state index in [9.17, 15) is 4.79 Å². The number of hydrogen-bond acceptors (Lipinski definition) is 4. The molecule has 3 heterocycles. The van der Waals surface area contributed by atoms with Gasteiger partial charge < -0.3 is 4.40 Å².